The molecule has 0 atom stereocenters. The molecule has 0 spiro atoms. The van der Waals surface area contributed by atoms with Crippen molar-refractivity contribution in [2.45, 2.75) is 0 Å². The highest BCUT2D eigenvalue weighted by molar-refractivity contribution is 6.04. The van der Waals surface area contributed by atoms with E-state index >= 15 is 0 Å². The van der Waals surface area contributed by atoms with Crippen LogP contribution in [0.3, 0.4) is 0 Å². The highest BCUT2D eigenvalue weighted by atomic mass is 16.4. The zero-order chi connectivity index (χ0) is 12.0. The first-order valence-corrected chi connectivity index (χ1v) is 4.91. The van der Waals surface area contributed by atoms with Crippen LogP contribution in [-0.4, -0.2) is 5.91 Å². The minimum absolute atomic E-state index is 0.152. The van der Waals surface area contributed by atoms with E-state index in [9.17, 15) is 9.59 Å². The van der Waals surface area contributed by atoms with Gasteiger partial charge >= 0.3 is 5.63 Å². The van der Waals surface area contributed by atoms with Crippen LogP contribution in [0.5, 0.6) is 0 Å². The van der Waals surface area contributed by atoms with Gasteiger partial charge in [0.05, 0.1) is 11.6 Å². The Labute approximate surface area is 94.4 Å². The molecule has 84 valence electrons. The van der Waals surface area contributed by atoms with Crippen LogP contribution in [0.2, 0.25) is 0 Å². The van der Waals surface area contributed by atoms with Crippen molar-refractivity contribution in [3.8, 4) is 0 Å². The van der Waals surface area contributed by atoms with Gasteiger partial charge < -0.3 is 14.6 Å². The molecule has 0 aliphatic heterocycles. The summed E-state index contributed by atoms with van der Waals surface area (Å²) in [6.45, 7) is 0. The minimum Gasteiger partial charge on any atom is -0.464 e. The average molecular weight is 229 g/mol. The number of fused-ring (bicyclic) bond motifs is 3. The minimum atomic E-state index is -0.798. The van der Waals surface area contributed by atoms with Crippen LogP contribution >= 0.6 is 0 Å². The first kappa shape index (κ1) is 9.65. The summed E-state index contributed by atoms with van der Waals surface area (Å²) in [7, 11) is 0. The normalized spacial score (nSPS) is 11.1. The number of carbonyl (C=O) groups excluding carboxylic acids is 1. The summed E-state index contributed by atoms with van der Waals surface area (Å²) < 4.78 is 10.3. The van der Waals surface area contributed by atoms with Crippen molar-refractivity contribution in [3.05, 3.63) is 46.5 Å². The number of nitrogens with two attached hydrogens (primary N) is 1. The highest BCUT2D eigenvalue weighted by Crippen LogP contribution is 2.25. The van der Waals surface area contributed by atoms with Gasteiger partial charge in [-0.2, -0.15) is 0 Å². The van der Waals surface area contributed by atoms with Crippen molar-refractivity contribution in [1.29, 1.82) is 0 Å². The maximum absolute atomic E-state index is 11.5. The number of rotatable bonds is 1. The third-order valence-corrected chi connectivity index (χ3v) is 2.60. The maximum Gasteiger partial charge on any atom is 0.349 e. The number of furan rings is 1. The fourth-order valence-electron chi connectivity index (χ4n) is 1.80. The number of benzene rings is 1. The molecule has 2 N–H and O–H groups in total. The molecule has 0 bridgehead atoms. The Kier molecular flexibility index (Phi) is 1.82. The van der Waals surface area contributed by atoms with E-state index in [-0.39, 0.29) is 5.56 Å². The van der Waals surface area contributed by atoms with E-state index in [1.165, 1.54) is 12.3 Å². The lowest BCUT2D eigenvalue weighted by Crippen LogP contribution is -2.20. The standard InChI is InChI=1S/C12H7NO4/c13-11(14)8-5-6-1-2-9-7(3-4-16-9)10(6)17-12(8)15/h1-5H,(H2,13,14). The van der Waals surface area contributed by atoms with Crippen LogP contribution in [0, 0.1) is 0 Å². The summed E-state index contributed by atoms with van der Waals surface area (Å²) in [6, 6.07) is 6.57. The molecule has 0 aliphatic carbocycles. The van der Waals surface area contributed by atoms with Gasteiger partial charge in [-0.3, -0.25) is 4.79 Å². The van der Waals surface area contributed by atoms with Crippen molar-refractivity contribution < 1.29 is 13.6 Å². The second kappa shape index (κ2) is 3.21. The van der Waals surface area contributed by atoms with Crippen molar-refractivity contribution in [3.63, 3.8) is 0 Å². The molecule has 0 radical (unpaired) electrons. The van der Waals surface area contributed by atoms with Gasteiger partial charge in [0.15, 0.2) is 0 Å². The van der Waals surface area contributed by atoms with E-state index in [4.69, 9.17) is 14.6 Å². The number of hydrogen-bond donors (Lipinski definition) is 1. The Morgan fingerprint density at radius 3 is 2.82 bits per heavy atom. The van der Waals surface area contributed by atoms with Crippen molar-refractivity contribution in [2.75, 3.05) is 0 Å². The predicted octanol–water partition coefficient (Wildman–Crippen LogP) is 1.64. The van der Waals surface area contributed by atoms with E-state index < -0.39 is 11.5 Å². The van der Waals surface area contributed by atoms with Crippen molar-refractivity contribution in [1.82, 2.24) is 0 Å². The molecule has 0 saturated carbocycles. The SMILES string of the molecule is NC(=O)c1cc2ccc3occc3c2oc1=O. The van der Waals surface area contributed by atoms with Crippen LogP contribution in [0.15, 0.2) is 44.2 Å². The van der Waals surface area contributed by atoms with Gasteiger partial charge in [0.1, 0.15) is 16.7 Å². The number of primary amides is 1. The highest BCUT2D eigenvalue weighted by Gasteiger charge is 2.12. The predicted molar refractivity (Wildman–Crippen MR) is 60.8 cm³/mol. The van der Waals surface area contributed by atoms with Crippen LogP contribution in [0.25, 0.3) is 21.9 Å². The summed E-state index contributed by atoms with van der Waals surface area (Å²) in [5, 5.41) is 1.32. The molecule has 1 amide bonds. The molecule has 0 unspecified atom stereocenters. The molecule has 5 heteroatoms. The largest absolute Gasteiger partial charge is 0.464 e. The lowest BCUT2D eigenvalue weighted by molar-refractivity contribution is 0.0997. The average Bonchev–Trinajstić information content (AvgIpc) is 2.76. The number of hydrogen-bond acceptors (Lipinski definition) is 4. The molecule has 1 aromatic carbocycles. The van der Waals surface area contributed by atoms with Gasteiger partial charge in [-0.15, -0.1) is 0 Å². The molecule has 17 heavy (non-hydrogen) atoms. The quantitative estimate of drug-likeness (QED) is 0.642. The van der Waals surface area contributed by atoms with Gasteiger partial charge in [-0.05, 0) is 24.3 Å². The van der Waals surface area contributed by atoms with Crippen LogP contribution in [0.4, 0.5) is 0 Å². The van der Waals surface area contributed by atoms with Crippen molar-refractivity contribution in [2.24, 2.45) is 5.73 Å². The summed E-state index contributed by atoms with van der Waals surface area (Å²) in [5.74, 6) is -0.798. The monoisotopic (exact) mass is 229 g/mol. The first-order chi connectivity index (χ1) is 8.16. The molecule has 2 heterocycles. The number of amides is 1. The second-order valence-corrected chi connectivity index (χ2v) is 3.63. The van der Waals surface area contributed by atoms with Crippen LogP contribution < -0.4 is 11.4 Å². The zero-order valence-corrected chi connectivity index (χ0v) is 8.60. The molecule has 0 saturated heterocycles. The van der Waals surface area contributed by atoms with E-state index in [0.717, 1.165) is 0 Å². The van der Waals surface area contributed by atoms with E-state index in [2.05, 4.69) is 0 Å². The molecular formula is C12H7NO4. The third kappa shape index (κ3) is 1.32. The maximum atomic E-state index is 11.5. The number of carbonyl (C=O) groups is 1. The molecular weight excluding hydrogens is 222 g/mol. The summed E-state index contributed by atoms with van der Waals surface area (Å²) in [5.41, 5.74) is 5.20. The smallest absolute Gasteiger partial charge is 0.349 e. The van der Waals surface area contributed by atoms with Gasteiger partial charge in [0.2, 0.25) is 0 Å². The molecule has 5 nitrogen and oxygen atoms in total. The molecule has 2 aromatic heterocycles. The van der Waals surface area contributed by atoms with Gasteiger partial charge in [0.25, 0.3) is 5.91 Å². The first-order valence-electron chi connectivity index (χ1n) is 4.91. The second-order valence-electron chi connectivity index (χ2n) is 3.63. The Bertz CT molecular complexity index is 797. The fraction of sp³-hybridized carbons (Fsp3) is 0. The Morgan fingerprint density at radius 1 is 1.24 bits per heavy atom. The topological polar surface area (TPSA) is 86.4 Å². The zero-order valence-electron chi connectivity index (χ0n) is 8.60. The molecule has 3 rings (SSSR count). The molecule has 3 aromatic rings. The Balaban J connectivity index is 2.51. The van der Waals surface area contributed by atoms with Crippen LogP contribution in [-0.2, 0) is 0 Å². The van der Waals surface area contributed by atoms with Gasteiger partial charge in [-0.25, -0.2) is 4.79 Å². The Morgan fingerprint density at radius 2 is 2.06 bits per heavy atom. The summed E-state index contributed by atoms with van der Waals surface area (Å²) in [4.78, 5) is 22.6. The van der Waals surface area contributed by atoms with E-state index in [1.807, 2.05) is 0 Å². The summed E-state index contributed by atoms with van der Waals surface area (Å²) >= 11 is 0. The third-order valence-electron chi connectivity index (χ3n) is 2.60. The van der Waals surface area contributed by atoms with E-state index in [1.54, 1.807) is 18.2 Å². The summed E-state index contributed by atoms with van der Waals surface area (Å²) in [6.07, 6.45) is 1.51. The molecule has 0 fully saturated rings. The lowest BCUT2D eigenvalue weighted by Gasteiger charge is -1.99. The van der Waals surface area contributed by atoms with Crippen LogP contribution in [0.1, 0.15) is 10.4 Å². The van der Waals surface area contributed by atoms with Gasteiger partial charge in [0, 0.05) is 5.39 Å². The fourth-order valence-corrected chi connectivity index (χ4v) is 1.80. The van der Waals surface area contributed by atoms with Crippen molar-refractivity contribution >= 4 is 27.8 Å². The lowest BCUT2D eigenvalue weighted by atomic mass is 10.1. The van der Waals surface area contributed by atoms with E-state index in [0.29, 0.717) is 21.9 Å². The Hall–Kier alpha value is -2.56. The van der Waals surface area contributed by atoms with Gasteiger partial charge in [-0.1, -0.05) is 0 Å². The molecule has 0 aliphatic rings.